The van der Waals surface area contributed by atoms with Gasteiger partial charge in [-0.25, -0.2) is 8.42 Å². The predicted octanol–water partition coefficient (Wildman–Crippen LogP) is 3.08. The van der Waals surface area contributed by atoms with Crippen molar-refractivity contribution in [3.8, 4) is 17.1 Å². The first-order valence-corrected chi connectivity index (χ1v) is 10.8. The number of hydrogen-bond donors (Lipinski definition) is 1. The molecule has 1 N–H and O–H groups in total. The number of fused-ring (bicyclic) bond motifs is 1. The minimum atomic E-state index is -3.69. The first-order chi connectivity index (χ1) is 13.6. The van der Waals surface area contributed by atoms with Gasteiger partial charge in [0, 0.05) is 30.7 Å². The van der Waals surface area contributed by atoms with E-state index >= 15 is 0 Å². The van der Waals surface area contributed by atoms with Gasteiger partial charge in [0.2, 0.25) is 21.5 Å². The normalized spacial score (nSPS) is 15.7. The molecule has 3 heterocycles. The molecule has 0 aliphatic carbocycles. The summed E-state index contributed by atoms with van der Waals surface area (Å²) in [6.45, 7) is 3.49. The summed E-state index contributed by atoms with van der Waals surface area (Å²) >= 11 is 6.31. The zero-order chi connectivity index (χ0) is 20.8. The molecule has 0 radical (unpaired) electrons. The van der Waals surface area contributed by atoms with Crippen LogP contribution in [0.1, 0.15) is 13.8 Å². The third kappa shape index (κ3) is 3.85. The summed E-state index contributed by atoms with van der Waals surface area (Å²) in [4.78, 5) is 8.16. The molecule has 3 aromatic rings. The van der Waals surface area contributed by atoms with Gasteiger partial charge in [-0.05, 0) is 6.07 Å². The van der Waals surface area contributed by atoms with Crippen molar-refractivity contribution in [3.05, 3.63) is 41.3 Å². The number of benzene rings is 1. The fourth-order valence-corrected chi connectivity index (χ4v) is 3.51. The Bertz CT molecular complexity index is 1240. The Morgan fingerprint density at radius 3 is 2.66 bits per heavy atom. The molecule has 0 saturated carbocycles. The van der Waals surface area contributed by atoms with Crippen LogP contribution in [0.25, 0.3) is 22.3 Å². The third-order valence-electron chi connectivity index (χ3n) is 4.04. The monoisotopic (exact) mass is 436 g/mol. The lowest BCUT2D eigenvalue weighted by Gasteiger charge is -2.18. The van der Waals surface area contributed by atoms with E-state index in [1.54, 1.807) is 32.0 Å². The fourth-order valence-electron chi connectivity index (χ4n) is 2.78. The van der Waals surface area contributed by atoms with Crippen molar-refractivity contribution in [3.63, 3.8) is 0 Å². The van der Waals surface area contributed by atoms with Gasteiger partial charge in [-0.2, -0.15) is 15.1 Å². The van der Waals surface area contributed by atoms with Crippen LogP contribution < -0.4 is 4.74 Å². The maximum atomic E-state index is 12.0. The van der Waals surface area contributed by atoms with E-state index in [1.807, 2.05) is 6.07 Å². The highest BCUT2D eigenvalue weighted by Crippen LogP contribution is 2.36. The zero-order valence-electron chi connectivity index (χ0n) is 15.8. The molecule has 0 bridgehead atoms. The number of aromatic amines is 1. The second-order valence-corrected chi connectivity index (χ2v) is 9.17. The Morgan fingerprint density at radius 1 is 1.24 bits per heavy atom. The smallest absolute Gasteiger partial charge is 0.252 e. The van der Waals surface area contributed by atoms with E-state index in [1.165, 1.54) is 6.26 Å². The molecule has 0 atom stereocenters. The molecule has 0 fully saturated rings. The number of sulfone groups is 1. The van der Waals surface area contributed by atoms with E-state index < -0.39 is 20.8 Å². The number of nitrogens with zero attached hydrogens (tertiary/aromatic N) is 3. The molecular weight excluding hydrogens is 420 g/mol. The van der Waals surface area contributed by atoms with Crippen LogP contribution in [0.2, 0.25) is 5.02 Å². The van der Waals surface area contributed by atoms with Gasteiger partial charge in [-0.3, -0.25) is 5.10 Å². The molecule has 0 spiro atoms. The number of rotatable bonds is 5. The summed E-state index contributed by atoms with van der Waals surface area (Å²) in [5, 5.41) is 7.47. The van der Waals surface area contributed by atoms with Crippen molar-refractivity contribution in [2.45, 2.75) is 24.8 Å². The molecule has 9 nitrogen and oxygen atoms in total. The molecule has 0 unspecified atom stereocenters. The van der Waals surface area contributed by atoms with Crippen LogP contribution in [0.3, 0.4) is 0 Å². The van der Waals surface area contributed by atoms with Gasteiger partial charge in [0.15, 0.2) is 18.0 Å². The summed E-state index contributed by atoms with van der Waals surface area (Å²) in [5.74, 6) is -0.325. The van der Waals surface area contributed by atoms with Gasteiger partial charge in [0.05, 0.1) is 5.69 Å². The van der Waals surface area contributed by atoms with Crippen molar-refractivity contribution in [2.24, 2.45) is 0 Å². The average Bonchev–Trinajstić information content (AvgIpc) is 3.22. The van der Waals surface area contributed by atoms with Crippen LogP contribution >= 0.6 is 11.6 Å². The maximum absolute atomic E-state index is 12.0. The minimum absolute atomic E-state index is 0.0219. The summed E-state index contributed by atoms with van der Waals surface area (Å²) < 4.78 is 40.8. The van der Waals surface area contributed by atoms with Crippen molar-refractivity contribution in [2.75, 3.05) is 12.9 Å². The van der Waals surface area contributed by atoms with Crippen LogP contribution in [0.4, 0.5) is 0 Å². The average molecular weight is 437 g/mol. The first-order valence-electron chi connectivity index (χ1n) is 8.54. The number of H-pyrrole nitrogens is 1. The SMILES string of the molecule is CC1(C)OC=C(COc2nc(S(C)(=O)=O)nc3n[nH]c(-c4ccccc4Cl)c23)O1. The largest absolute Gasteiger partial charge is 0.469 e. The van der Waals surface area contributed by atoms with E-state index in [9.17, 15) is 8.42 Å². The molecular formula is C18H17ClN4O5S. The molecule has 2 aromatic heterocycles. The van der Waals surface area contributed by atoms with Gasteiger partial charge in [0.25, 0.3) is 5.16 Å². The third-order valence-corrected chi connectivity index (χ3v) is 5.21. The molecule has 0 amide bonds. The van der Waals surface area contributed by atoms with E-state index in [4.69, 9.17) is 25.8 Å². The highest BCUT2D eigenvalue weighted by atomic mass is 35.5. The van der Waals surface area contributed by atoms with E-state index in [0.717, 1.165) is 6.26 Å². The lowest BCUT2D eigenvalue weighted by atomic mass is 10.1. The quantitative estimate of drug-likeness (QED) is 0.606. The molecule has 0 saturated heterocycles. The summed E-state index contributed by atoms with van der Waals surface area (Å²) in [5.41, 5.74) is 1.31. The van der Waals surface area contributed by atoms with E-state index in [2.05, 4.69) is 20.2 Å². The Kier molecular flexibility index (Phi) is 4.62. The van der Waals surface area contributed by atoms with E-state index in [-0.39, 0.29) is 18.1 Å². The van der Waals surface area contributed by atoms with Gasteiger partial charge in [0.1, 0.15) is 11.6 Å². The molecule has 1 aromatic carbocycles. The highest BCUT2D eigenvalue weighted by Gasteiger charge is 2.29. The standard InChI is InChI=1S/C18H17ClN4O5S/c1-18(2)27-9-10(28-18)8-26-16-13-14(11-6-4-5-7-12(11)19)22-23-15(13)20-17(21-16)29(3,24)25/h4-7,9H,8H2,1-3H3,(H,20,21,22,23). The van der Waals surface area contributed by atoms with Gasteiger partial charge < -0.3 is 14.2 Å². The maximum Gasteiger partial charge on any atom is 0.252 e. The Morgan fingerprint density at radius 2 is 2.00 bits per heavy atom. The van der Waals surface area contributed by atoms with Crippen LogP contribution in [0.15, 0.2) is 41.4 Å². The van der Waals surface area contributed by atoms with Crippen LogP contribution in [0, 0.1) is 0 Å². The zero-order valence-corrected chi connectivity index (χ0v) is 17.3. The Balaban J connectivity index is 1.81. The van der Waals surface area contributed by atoms with Gasteiger partial charge in [-0.15, -0.1) is 0 Å². The molecule has 152 valence electrons. The second kappa shape index (κ2) is 6.89. The summed E-state index contributed by atoms with van der Waals surface area (Å²) in [6.07, 6.45) is 2.46. The number of hydrogen-bond acceptors (Lipinski definition) is 8. The Hall–Kier alpha value is -2.85. The van der Waals surface area contributed by atoms with Crippen molar-refractivity contribution in [1.29, 1.82) is 0 Å². The van der Waals surface area contributed by atoms with Gasteiger partial charge in [-0.1, -0.05) is 29.8 Å². The summed E-state index contributed by atoms with van der Waals surface area (Å²) in [6, 6.07) is 7.14. The number of ether oxygens (including phenoxy) is 3. The first kappa shape index (κ1) is 19.5. The van der Waals surface area contributed by atoms with E-state index in [0.29, 0.717) is 27.4 Å². The second-order valence-electron chi connectivity index (χ2n) is 6.85. The summed E-state index contributed by atoms with van der Waals surface area (Å²) in [7, 11) is -3.69. The topological polar surface area (TPSA) is 116 Å². The minimum Gasteiger partial charge on any atom is -0.469 e. The Labute approximate surface area is 171 Å². The molecule has 1 aliphatic rings. The molecule has 11 heteroatoms. The van der Waals surface area contributed by atoms with Crippen LogP contribution in [0.5, 0.6) is 5.88 Å². The fraction of sp³-hybridized carbons (Fsp3) is 0.278. The molecule has 29 heavy (non-hydrogen) atoms. The van der Waals surface area contributed by atoms with Crippen LogP contribution in [-0.4, -0.2) is 47.2 Å². The predicted molar refractivity (Wildman–Crippen MR) is 105 cm³/mol. The van der Waals surface area contributed by atoms with Crippen molar-refractivity contribution >= 4 is 32.5 Å². The van der Waals surface area contributed by atoms with Crippen molar-refractivity contribution < 1.29 is 22.6 Å². The van der Waals surface area contributed by atoms with Crippen molar-refractivity contribution in [1.82, 2.24) is 20.2 Å². The molecule has 1 aliphatic heterocycles. The van der Waals surface area contributed by atoms with Gasteiger partial charge >= 0.3 is 0 Å². The lowest BCUT2D eigenvalue weighted by Crippen LogP contribution is -2.21. The highest BCUT2D eigenvalue weighted by molar-refractivity contribution is 7.90. The number of halogens is 1. The number of nitrogens with one attached hydrogen (secondary N) is 1. The lowest BCUT2D eigenvalue weighted by molar-refractivity contribution is -0.119. The molecule has 4 rings (SSSR count). The van der Waals surface area contributed by atoms with Crippen LogP contribution in [-0.2, 0) is 19.3 Å². The number of aromatic nitrogens is 4.